The summed E-state index contributed by atoms with van der Waals surface area (Å²) in [7, 11) is -0.466. The highest BCUT2D eigenvalue weighted by Crippen LogP contribution is 2.22. The number of rotatable bonds is 11. The maximum absolute atomic E-state index is 13.1. The molecule has 1 atom stereocenters. The Labute approximate surface area is 196 Å². The van der Waals surface area contributed by atoms with Crippen LogP contribution < -0.4 is 14.4 Å². The van der Waals surface area contributed by atoms with Crippen molar-refractivity contribution < 1.29 is 22.7 Å². The fraction of sp³-hybridized carbons (Fsp3) is 0.417. The fourth-order valence-electron chi connectivity index (χ4n) is 3.55. The first-order valence-electron chi connectivity index (χ1n) is 10.7. The first-order chi connectivity index (χ1) is 15.6. The first kappa shape index (κ1) is 26.2. The van der Waals surface area contributed by atoms with Gasteiger partial charge in [0.1, 0.15) is 11.8 Å². The van der Waals surface area contributed by atoms with Gasteiger partial charge in [0.05, 0.1) is 19.1 Å². The third kappa shape index (κ3) is 7.49. The number of carbonyl (C=O) groups excluding carboxylic acids is 2. The summed E-state index contributed by atoms with van der Waals surface area (Å²) in [6.07, 6.45) is 1.55. The van der Waals surface area contributed by atoms with Crippen molar-refractivity contribution in [3.05, 3.63) is 59.7 Å². The van der Waals surface area contributed by atoms with Gasteiger partial charge in [0.25, 0.3) is 0 Å². The van der Waals surface area contributed by atoms with Crippen LogP contribution in [0.3, 0.4) is 0 Å². The van der Waals surface area contributed by atoms with E-state index in [0.717, 1.165) is 17.4 Å². The summed E-state index contributed by atoms with van der Waals surface area (Å²) in [5, 5.41) is 2.59. The first-order valence-corrected chi connectivity index (χ1v) is 12.6. The third-order valence-electron chi connectivity index (χ3n) is 5.36. The molecule has 0 aromatic heterocycles. The van der Waals surface area contributed by atoms with E-state index in [0.29, 0.717) is 24.4 Å². The number of sulfonamides is 1. The van der Waals surface area contributed by atoms with Crippen molar-refractivity contribution in [2.24, 2.45) is 0 Å². The van der Waals surface area contributed by atoms with Gasteiger partial charge in [0, 0.05) is 26.6 Å². The highest BCUT2D eigenvalue weighted by molar-refractivity contribution is 7.92. The topological polar surface area (TPSA) is 96.0 Å². The van der Waals surface area contributed by atoms with Crippen molar-refractivity contribution in [3.8, 4) is 5.75 Å². The number of likely N-dealkylation sites (N-methyl/N-ethyl adjacent to an activating group) is 1. The second kappa shape index (κ2) is 11.7. The SMILES string of the molecule is CNC(=O)[C@H](C)N(Cc1cccc(C)c1)C(=O)CCCN(c1ccc(OC)cc1)S(C)(=O)=O. The number of anilines is 1. The second-order valence-electron chi connectivity index (χ2n) is 7.94. The summed E-state index contributed by atoms with van der Waals surface area (Å²) < 4.78 is 31.1. The van der Waals surface area contributed by atoms with Crippen LogP contribution in [0.25, 0.3) is 0 Å². The van der Waals surface area contributed by atoms with E-state index in [-0.39, 0.29) is 24.8 Å². The maximum atomic E-state index is 13.1. The van der Waals surface area contributed by atoms with Crippen LogP contribution >= 0.6 is 0 Å². The molecule has 180 valence electrons. The molecule has 2 aromatic carbocycles. The van der Waals surface area contributed by atoms with Gasteiger partial charge in [0.2, 0.25) is 21.8 Å². The average molecular weight is 476 g/mol. The molecule has 8 nitrogen and oxygen atoms in total. The molecule has 0 aliphatic heterocycles. The number of hydrogen-bond donors (Lipinski definition) is 1. The molecule has 33 heavy (non-hydrogen) atoms. The largest absolute Gasteiger partial charge is 0.497 e. The van der Waals surface area contributed by atoms with Gasteiger partial charge >= 0.3 is 0 Å². The van der Waals surface area contributed by atoms with Gasteiger partial charge in [-0.25, -0.2) is 8.42 Å². The van der Waals surface area contributed by atoms with Crippen molar-refractivity contribution in [2.45, 2.75) is 39.3 Å². The number of carbonyl (C=O) groups is 2. The summed E-state index contributed by atoms with van der Waals surface area (Å²) in [4.78, 5) is 26.9. The molecular formula is C24H33N3O5S. The Morgan fingerprint density at radius 2 is 1.79 bits per heavy atom. The number of methoxy groups -OCH3 is 1. The lowest BCUT2D eigenvalue weighted by Gasteiger charge is -2.29. The Kier molecular flexibility index (Phi) is 9.28. The number of aryl methyl sites for hydroxylation is 1. The minimum atomic E-state index is -3.54. The summed E-state index contributed by atoms with van der Waals surface area (Å²) >= 11 is 0. The minimum Gasteiger partial charge on any atom is -0.497 e. The van der Waals surface area contributed by atoms with Gasteiger partial charge in [-0.2, -0.15) is 0 Å². The zero-order valence-electron chi connectivity index (χ0n) is 19.9. The van der Waals surface area contributed by atoms with Crippen LogP contribution in [-0.4, -0.2) is 58.1 Å². The summed E-state index contributed by atoms with van der Waals surface area (Å²) in [5.74, 6) is 0.153. The molecule has 0 bridgehead atoms. The molecule has 0 radical (unpaired) electrons. The van der Waals surface area contributed by atoms with Gasteiger partial charge in [-0.1, -0.05) is 29.8 Å². The molecule has 2 amide bonds. The van der Waals surface area contributed by atoms with Crippen LogP contribution in [0, 0.1) is 6.92 Å². The molecule has 0 saturated carbocycles. The molecule has 0 unspecified atom stereocenters. The Bertz CT molecular complexity index is 1050. The van der Waals surface area contributed by atoms with E-state index in [2.05, 4.69) is 5.32 Å². The van der Waals surface area contributed by atoms with Crippen molar-refractivity contribution in [1.82, 2.24) is 10.2 Å². The average Bonchev–Trinajstić information content (AvgIpc) is 2.78. The Hall–Kier alpha value is -3.07. The molecule has 0 heterocycles. The Balaban J connectivity index is 2.13. The van der Waals surface area contributed by atoms with E-state index in [1.165, 1.54) is 23.4 Å². The molecule has 0 saturated heterocycles. The van der Waals surface area contributed by atoms with E-state index >= 15 is 0 Å². The predicted octanol–water partition coefficient (Wildman–Crippen LogP) is 2.71. The molecule has 0 fully saturated rings. The predicted molar refractivity (Wildman–Crippen MR) is 130 cm³/mol. The Morgan fingerprint density at radius 3 is 2.33 bits per heavy atom. The summed E-state index contributed by atoms with van der Waals surface area (Å²) in [6, 6.07) is 13.8. The molecule has 0 spiro atoms. The van der Waals surface area contributed by atoms with Gasteiger partial charge in [-0.05, 0) is 50.1 Å². The van der Waals surface area contributed by atoms with Crippen LogP contribution in [0.4, 0.5) is 5.69 Å². The lowest BCUT2D eigenvalue weighted by atomic mass is 10.1. The van der Waals surface area contributed by atoms with Crippen LogP contribution in [-0.2, 0) is 26.2 Å². The van der Waals surface area contributed by atoms with Crippen molar-refractivity contribution in [3.63, 3.8) is 0 Å². The molecule has 0 aliphatic rings. The van der Waals surface area contributed by atoms with E-state index in [1.54, 1.807) is 31.2 Å². The van der Waals surface area contributed by atoms with Gasteiger partial charge in [0.15, 0.2) is 0 Å². The number of benzene rings is 2. The van der Waals surface area contributed by atoms with Crippen molar-refractivity contribution in [1.29, 1.82) is 0 Å². The molecule has 1 N–H and O–H groups in total. The quantitative estimate of drug-likeness (QED) is 0.539. The molecule has 9 heteroatoms. The minimum absolute atomic E-state index is 0.106. The highest BCUT2D eigenvalue weighted by atomic mass is 32.2. The summed E-state index contributed by atoms with van der Waals surface area (Å²) in [5.41, 5.74) is 2.49. The number of nitrogens with zero attached hydrogens (tertiary/aromatic N) is 2. The van der Waals surface area contributed by atoms with Crippen molar-refractivity contribution in [2.75, 3.05) is 31.3 Å². The molecule has 2 rings (SSSR count). The van der Waals surface area contributed by atoms with Crippen molar-refractivity contribution >= 4 is 27.5 Å². The zero-order chi connectivity index (χ0) is 24.6. The van der Waals surface area contributed by atoms with E-state index in [9.17, 15) is 18.0 Å². The lowest BCUT2D eigenvalue weighted by molar-refractivity contribution is -0.140. The summed E-state index contributed by atoms with van der Waals surface area (Å²) in [6.45, 7) is 4.09. The number of amides is 2. The standard InChI is InChI=1S/C24H33N3O5S/c1-18-8-6-9-20(16-18)17-26(19(2)24(29)25-3)23(28)10-7-15-27(33(5,30)31)21-11-13-22(32-4)14-12-21/h6,8-9,11-14,16,19H,7,10,15,17H2,1-5H3,(H,25,29)/t19-/m0/s1. The maximum Gasteiger partial charge on any atom is 0.242 e. The molecule has 2 aromatic rings. The number of hydrogen-bond acceptors (Lipinski definition) is 5. The Morgan fingerprint density at radius 1 is 1.12 bits per heavy atom. The van der Waals surface area contributed by atoms with E-state index in [1.807, 2.05) is 31.2 Å². The normalized spacial score (nSPS) is 12.0. The van der Waals surface area contributed by atoms with Crippen LogP contribution in [0.15, 0.2) is 48.5 Å². The molecule has 0 aliphatic carbocycles. The molecular weight excluding hydrogens is 442 g/mol. The number of ether oxygens (including phenoxy) is 1. The van der Waals surface area contributed by atoms with E-state index < -0.39 is 16.1 Å². The second-order valence-corrected chi connectivity index (χ2v) is 9.84. The number of nitrogens with one attached hydrogen (secondary N) is 1. The van der Waals surface area contributed by atoms with Gasteiger partial charge < -0.3 is 15.0 Å². The smallest absolute Gasteiger partial charge is 0.242 e. The van der Waals surface area contributed by atoms with Gasteiger partial charge in [-0.15, -0.1) is 0 Å². The van der Waals surface area contributed by atoms with Crippen LogP contribution in [0.2, 0.25) is 0 Å². The third-order valence-corrected chi connectivity index (χ3v) is 6.56. The monoisotopic (exact) mass is 475 g/mol. The highest BCUT2D eigenvalue weighted by Gasteiger charge is 2.26. The zero-order valence-corrected chi connectivity index (χ0v) is 20.7. The lowest BCUT2D eigenvalue weighted by Crippen LogP contribution is -2.46. The fourth-order valence-corrected chi connectivity index (χ4v) is 4.52. The van der Waals surface area contributed by atoms with Crippen LogP contribution in [0.5, 0.6) is 5.75 Å². The van der Waals surface area contributed by atoms with Gasteiger partial charge in [-0.3, -0.25) is 13.9 Å². The van der Waals surface area contributed by atoms with Crippen LogP contribution in [0.1, 0.15) is 30.9 Å². The van der Waals surface area contributed by atoms with E-state index in [4.69, 9.17) is 4.74 Å².